The van der Waals surface area contributed by atoms with E-state index in [9.17, 15) is 14.4 Å². The minimum atomic E-state index is -1.03. The minimum absolute atomic E-state index is 0.0939. The number of carbonyl (C=O) groups excluding carboxylic acids is 3. The van der Waals surface area contributed by atoms with Crippen molar-refractivity contribution in [1.82, 2.24) is 4.68 Å². The molecule has 4 rings (SSSR count). The number of benzene rings is 3. The smallest absolute Gasteiger partial charge is 0.328 e. The maximum absolute atomic E-state index is 13.3. The molecule has 0 unspecified atom stereocenters. The van der Waals surface area contributed by atoms with Crippen LogP contribution in [0.1, 0.15) is 21.6 Å². The number of carbonyl (C=O) groups is 3. The van der Waals surface area contributed by atoms with Gasteiger partial charge in [-0.25, -0.2) is 4.68 Å². The summed E-state index contributed by atoms with van der Waals surface area (Å²) >= 11 is 12.1. The number of hydrogen-bond acceptors (Lipinski definition) is 4. The van der Waals surface area contributed by atoms with E-state index in [-0.39, 0.29) is 21.4 Å². The van der Waals surface area contributed by atoms with E-state index >= 15 is 0 Å². The maximum Gasteiger partial charge on any atom is 0.328 e. The molecule has 10 heteroatoms. The molecule has 1 aromatic heterocycles. The third kappa shape index (κ3) is 5.00. The van der Waals surface area contributed by atoms with Gasteiger partial charge < -0.3 is 15.4 Å². The zero-order chi connectivity index (χ0) is 26.0. The molecule has 0 saturated carbocycles. The second-order valence-corrected chi connectivity index (χ2v) is 8.82. The van der Waals surface area contributed by atoms with E-state index in [1.54, 1.807) is 42.5 Å². The molecular formula is C26H22Cl2N4O4. The molecule has 0 bridgehead atoms. The summed E-state index contributed by atoms with van der Waals surface area (Å²) in [6.07, 6.45) is 0. The van der Waals surface area contributed by atoms with Gasteiger partial charge in [0.2, 0.25) is 0 Å². The molecule has 0 spiro atoms. The van der Waals surface area contributed by atoms with Crippen LogP contribution in [0.5, 0.6) is 5.75 Å². The van der Waals surface area contributed by atoms with Crippen LogP contribution in [0.15, 0.2) is 60.7 Å². The summed E-state index contributed by atoms with van der Waals surface area (Å²) in [5.74, 6) is -2.12. The number of nitrogens with one attached hydrogen (secondary N) is 3. The molecule has 0 aliphatic rings. The summed E-state index contributed by atoms with van der Waals surface area (Å²) in [6.45, 7) is 3.84. The number of rotatable bonds is 5. The van der Waals surface area contributed by atoms with Crippen LogP contribution < -0.4 is 20.8 Å². The van der Waals surface area contributed by atoms with Crippen LogP contribution in [0, 0.1) is 13.8 Å². The van der Waals surface area contributed by atoms with Crippen LogP contribution in [0.3, 0.4) is 0 Å². The first-order chi connectivity index (χ1) is 17.2. The van der Waals surface area contributed by atoms with Crippen LogP contribution in [0.4, 0.5) is 11.4 Å². The summed E-state index contributed by atoms with van der Waals surface area (Å²) in [5.41, 5.74) is 5.74. The van der Waals surface area contributed by atoms with Crippen LogP contribution in [-0.4, -0.2) is 29.5 Å². The fourth-order valence-corrected chi connectivity index (χ4v) is 4.10. The zero-order valence-corrected chi connectivity index (χ0v) is 21.1. The molecule has 0 aliphatic heterocycles. The van der Waals surface area contributed by atoms with Gasteiger partial charge in [-0.1, -0.05) is 59.1 Å². The molecule has 3 aromatic carbocycles. The molecule has 0 radical (unpaired) electrons. The Morgan fingerprint density at radius 3 is 2.33 bits per heavy atom. The van der Waals surface area contributed by atoms with E-state index in [2.05, 4.69) is 16.1 Å². The fourth-order valence-electron chi connectivity index (χ4n) is 3.75. The minimum Gasteiger partial charge on any atom is -0.494 e. The molecule has 0 fully saturated rings. The highest BCUT2D eigenvalue weighted by atomic mass is 35.5. The average molecular weight is 525 g/mol. The number of halogens is 2. The summed E-state index contributed by atoms with van der Waals surface area (Å²) in [4.78, 5) is 38.9. The lowest BCUT2D eigenvalue weighted by Gasteiger charge is -2.15. The Morgan fingerprint density at radius 2 is 1.61 bits per heavy atom. The summed E-state index contributed by atoms with van der Waals surface area (Å²) < 4.78 is 6.67. The van der Waals surface area contributed by atoms with Crippen molar-refractivity contribution in [3.8, 4) is 5.75 Å². The highest BCUT2D eigenvalue weighted by Crippen LogP contribution is 2.30. The number of methoxy groups -OCH3 is 1. The van der Waals surface area contributed by atoms with E-state index in [0.29, 0.717) is 22.3 Å². The predicted molar refractivity (Wildman–Crippen MR) is 142 cm³/mol. The number of aryl methyl sites for hydroxylation is 2. The highest BCUT2D eigenvalue weighted by molar-refractivity contribution is 6.46. The monoisotopic (exact) mass is 524 g/mol. The van der Waals surface area contributed by atoms with Gasteiger partial charge in [0.1, 0.15) is 17.0 Å². The Hall–Kier alpha value is -4.01. The van der Waals surface area contributed by atoms with Crippen molar-refractivity contribution in [2.24, 2.45) is 0 Å². The number of amides is 3. The van der Waals surface area contributed by atoms with Gasteiger partial charge in [-0.3, -0.25) is 19.8 Å². The van der Waals surface area contributed by atoms with Gasteiger partial charge in [-0.2, -0.15) is 0 Å². The van der Waals surface area contributed by atoms with Crippen molar-refractivity contribution in [2.45, 2.75) is 13.8 Å². The molecule has 0 saturated heterocycles. The lowest BCUT2D eigenvalue weighted by Crippen LogP contribution is -2.36. The van der Waals surface area contributed by atoms with Gasteiger partial charge >= 0.3 is 11.8 Å². The third-order valence-electron chi connectivity index (χ3n) is 5.49. The molecule has 0 aliphatic carbocycles. The quantitative estimate of drug-likeness (QED) is 0.298. The van der Waals surface area contributed by atoms with Crippen LogP contribution in [0.2, 0.25) is 10.0 Å². The molecule has 0 atom stereocenters. The van der Waals surface area contributed by atoms with E-state index in [0.717, 1.165) is 11.1 Å². The van der Waals surface area contributed by atoms with E-state index < -0.39 is 17.7 Å². The molecule has 1 heterocycles. The zero-order valence-electron chi connectivity index (χ0n) is 19.6. The Kier molecular flexibility index (Phi) is 7.19. The largest absolute Gasteiger partial charge is 0.494 e. The topological polar surface area (TPSA) is 101 Å². The van der Waals surface area contributed by atoms with Crippen LogP contribution in [-0.2, 0) is 9.59 Å². The number of aromatic nitrogens is 1. The van der Waals surface area contributed by atoms with Gasteiger partial charge in [0.15, 0.2) is 0 Å². The summed E-state index contributed by atoms with van der Waals surface area (Å²) in [6, 6.07) is 17.1. The number of anilines is 2. The first-order valence-electron chi connectivity index (χ1n) is 10.8. The Labute approximate surface area is 217 Å². The van der Waals surface area contributed by atoms with E-state index in [4.69, 9.17) is 27.9 Å². The second kappa shape index (κ2) is 10.3. The molecule has 3 amide bonds. The Bertz CT molecular complexity index is 1510. The van der Waals surface area contributed by atoms with Crippen molar-refractivity contribution in [3.05, 3.63) is 87.5 Å². The summed E-state index contributed by atoms with van der Waals surface area (Å²) in [5, 5.41) is 6.24. The van der Waals surface area contributed by atoms with Crippen LogP contribution >= 0.6 is 23.2 Å². The number of nitrogens with zero attached hydrogens (tertiary/aromatic N) is 1. The third-order valence-corrected chi connectivity index (χ3v) is 6.31. The maximum atomic E-state index is 13.3. The van der Waals surface area contributed by atoms with Crippen molar-refractivity contribution >= 4 is 63.2 Å². The molecular weight excluding hydrogens is 503 g/mol. The second-order valence-electron chi connectivity index (χ2n) is 8.03. The Balaban J connectivity index is 1.69. The van der Waals surface area contributed by atoms with Gasteiger partial charge in [-0.05, 0) is 49.7 Å². The van der Waals surface area contributed by atoms with Gasteiger partial charge in [-0.15, -0.1) is 0 Å². The van der Waals surface area contributed by atoms with Crippen LogP contribution in [0.25, 0.3) is 10.9 Å². The SMILES string of the molecule is COc1cccc2cc(C(=O)Nc3ccc(C)cc3C)n(NC(=O)C(=O)Nc3cccc(Cl)c3Cl)c12. The molecule has 3 N–H and O–H groups in total. The van der Waals surface area contributed by atoms with Gasteiger partial charge in [0.25, 0.3) is 5.91 Å². The fraction of sp³-hybridized carbons (Fsp3) is 0.115. The standard InChI is InChI=1S/C26H22Cl2N4O4/c1-14-10-11-18(15(2)12-14)29-24(33)20-13-16-6-4-9-21(36-3)23(16)32(20)31-26(35)25(34)30-19-8-5-7-17(27)22(19)28/h4-13H,1-3H3,(H,29,33)(H,30,34)(H,31,35). The number of hydrogen-bond donors (Lipinski definition) is 3. The van der Waals surface area contributed by atoms with Crippen molar-refractivity contribution in [1.29, 1.82) is 0 Å². The lowest BCUT2D eigenvalue weighted by atomic mass is 10.1. The van der Waals surface area contributed by atoms with Gasteiger partial charge in [0.05, 0.1) is 22.8 Å². The lowest BCUT2D eigenvalue weighted by molar-refractivity contribution is -0.133. The summed E-state index contributed by atoms with van der Waals surface area (Å²) in [7, 11) is 1.47. The number of fused-ring (bicyclic) bond motifs is 1. The van der Waals surface area contributed by atoms with Gasteiger partial charge in [0, 0.05) is 11.1 Å². The van der Waals surface area contributed by atoms with Crippen molar-refractivity contribution in [3.63, 3.8) is 0 Å². The molecule has 184 valence electrons. The first kappa shape index (κ1) is 25.1. The van der Waals surface area contributed by atoms with Crippen molar-refractivity contribution in [2.75, 3.05) is 23.2 Å². The normalized spacial score (nSPS) is 10.7. The Morgan fingerprint density at radius 1 is 0.861 bits per heavy atom. The molecule has 8 nitrogen and oxygen atoms in total. The van der Waals surface area contributed by atoms with Crippen molar-refractivity contribution < 1.29 is 19.1 Å². The first-order valence-corrected chi connectivity index (χ1v) is 11.6. The average Bonchev–Trinajstić information content (AvgIpc) is 3.22. The number of ether oxygens (including phenoxy) is 1. The van der Waals surface area contributed by atoms with E-state index in [1.165, 1.54) is 17.9 Å². The highest BCUT2D eigenvalue weighted by Gasteiger charge is 2.23. The molecule has 36 heavy (non-hydrogen) atoms. The predicted octanol–water partition coefficient (Wildman–Crippen LogP) is 5.53. The van der Waals surface area contributed by atoms with E-state index in [1.807, 2.05) is 26.0 Å². The number of para-hydroxylation sites is 1. The molecule has 4 aromatic rings.